The summed E-state index contributed by atoms with van der Waals surface area (Å²) in [6, 6.07) is 16.2. The Hall–Kier alpha value is -5.20. The van der Waals surface area contributed by atoms with Gasteiger partial charge >= 0.3 is 5.97 Å². The number of thiazole rings is 1. The van der Waals surface area contributed by atoms with Crippen LogP contribution < -0.4 is 29.7 Å². The molecule has 268 valence electrons. The minimum absolute atomic E-state index is 0.119. The molecule has 7 rings (SSSR count). The molecule has 1 N–H and O–H groups in total. The number of esters is 1. The van der Waals surface area contributed by atoms with Crippen molar-refractivity contribution in [1.29, 1.82) is 0 Å². The number of carbonyl (C=O) groups excluding carboxylic acids is 2. The van der Waals surface area contributed by atoms with E-state index in [2.05, 4.69) is 14.9 Å². The second-order valence-corrected chi connectivity index (χ2v) is 14.7. The first kappa shape index (κ1) is 35.2. The maximum atomic E-state index is 14.4. The van der Waals surface area contributed by atoms with E-state index in [0.717, 1.165) is 58.9 Å². The first-order valence-corrected chi connectivity index (χ1v) is 19.1. The van der Waals surface area contributed by atoms with Gasteiger partial charge in [0.1, 0.15) is 5.00 Å². The highest BCUT2D eigenvalue weighted by molar-refractivity contribution is 7.15. The van der Waals surface area contributed by atoms with Crippen molar-refractivity contribution in [3.8, 4) is 16.5 Å². The molecule has 5 aromatic rings. The Balaban J connectivity index is 1.33. The van der Waals surface area contributed by atoms with E-state index in [0.29, 0.717) is 45.2 Å². The molecule has 0 bridgehead atoms. The van der Waals surface area contributed by atoms with Crippen LogP contribution in [-0.2, 0) is 22.4 Å². The molecule has 1 amide bonds. The van der Waals surface area contributed by atoms with Gasteiger partial charge in [-0.2, -0.15) is 0 Å². The molecular weight excluding hydrogens is 697 g/mol. The third kappa shape index (κ3) is 6.41. The molecule has 1 aliphatic heterocycles. The zero-order valence-electron chi connectivity index (χ0n) is 29.8. The summed E-state index contributed by atoms with van der Waals surface area (Å²) in [5.41, 5.74) is 5.92. The fourth-order valence-electron chi connectivity index (χ4n) is 7.03. The van der Waals surface area contributed by atoms with Crippen molar-refractivity contribution in [3.05, 3.63) is 125 Å². The van der Waals surface area contributed by atoms with Gasteiger partial charge in [0.15, 0.2) is 16.3 Å². The number of carbonyl (C=O) groups is 2. The molecule has 2 aromatic carbocycles. The average molecular weight is 737 g/mol. The normalized spacial score (nSPS) is 15.3. The van der Waals surface area contributed by atoms with Gasteiger partial charge < -0.3 is 24.1 Å². The number of nitrogens with one attached hydrogen (secondary N) is 1. The lowest BCUT2D eigenvalue weighted by molar-refractivity contribution is -0.136. The fourth-order valence-corrected chi connectivity index (χ4v) is 9.49. The zero-order chi connectivity index (χ0) is 36.5. The van der Waals surface area contributed by atoms with Crippen LogP contribution in [0.5, 0.6) is 11.5 Å². The van der Waals surface area contributed by atoms with Crippen molar-refractivity contribution in [1.82, 2.24) is 9.13 Å². The van der Waals surface area contributed by atoms with Crippen molar-refractivity contribution in [3.63, 3.8) is 0 Å². The Morgan fingerprint density at radius 3 is 2.48 bits per heavy atom. The number of thiophene rings is 1. The van der Waals surface area contributed by atoms with Crippen LogP contribution in [0.3, 0.4) is 0 Å². The van der Waals surface area contributed by atoms with Crippen LogP contribution in [-0.4, -0.2) is 41.3 Å². The van der Waals surface area contributed by atoms with E-state index in [9.17, 15) is 14.4 Å². The number of aryl methyl sites for hydroxylation is 2. The molecule has 0 fully saturated rings. The van der Waals surface area contributed by atoms with Crippen LogP contribution in [0.2, 0.25) is 0 Å². The number of ether oxygens (including phenoxy) is 3. The molecule has 52 heavy (non-hydrogen) atoms. The topological polar surface area (TPSA) is 113 Å². The molecule has 0 unspecified atom stereocenters. The minimum atomic E-state index is -0.795. The second kappa shape index (κ2) is 14.8. The summed E-state index contributed by atoms with van der Waals surface area (Å²) in [5, 5.41) is 4.01. The monoisotopic (exact) mass is 736 g/mol. The van der Waals surface area contributed by atoms with Crippen molar-refractivity contribution in [2.24, 2.45) is 4.99 Å². The fraction of sp³-hybridized carbons (Fsp3) is 0.300. The van der Waals surface area contributed by atoms with Gasteiger partial charge in [0, 0.05) is 28.2 Å². The SMILES string of the molecule is CCOc1ccc([C@@H]2C(C(=O)OC)=CN=c3s/c(=C\c4cc(C)n(-c5sc6c(c5C(=O)Nc5ccccc5)CCCC6)c4C)c(=O)n32)cc1OCC. The smallest absolute Gasteiger partial charge is 0.337 e. The number of nitrogens with zero attached hydrogens (tertiary/aromatic N) is 3. The predicted molar refractivity (Wildman–Crippen MR) is 204 cm³/mol. The number of aromatic nitrogens is 2. The Morgan fingerprint density at radius 2 is 1.73 bits per heavy atom. The summed E-state index contributed by atoms with van der Waals surface area (Å²) in [6.45, 7) is 8.69. The number of hydrogen-bond acceptors (Lipinski definition) is 9. The minimum Gasteiger partial charge on any atom is -0.490 e. The lowest BCUT2D eigenvalue weighted by Crippen LogP contribution is -2.39. The lowest BCUT2D eigenvalue weighted by atomic mass is 9.95. The van der Waals surface area contributed by atoms with Gasteiger partial charge in [-0.25, -0.2) is 9.79 Å². The van der Waals surface area contributed by atoms with Crippen molar-refractivity contribution in [2.75, 3.05) is 25.6 Å². The molecule has 3 aromatic heterocycles. The van der Waals surface area contributed by atoms with Gasteiger partial charge in [-0.15, -0.1) is 11.3 Å². The number of para-hydroxylation sites is 1. The first-order valence-electron chi connectivity index (χ1n) is 17.4. The largest absolute Gasteiger partial charge is 0.490 e. The van der Waals surface area contributed by atoms with Crippen LogP contribution in [0.25, 0.3) is 11.1 Å². The van der Waals surface area contributed by atoms with Crippen molar-refractivity contribution >= 4 is 46.3 Å². The standard InChI is InChI=1S/C40H40N4O6S2/c1-6-49-30-18-17-25(20-31(30)50-7-2)35-29(39(47)48-5)22-41-40-44(35)37(46)33(52-40)21-26-19-23(3)43(24(26)4)38-34(28-15-11-12-16-32(28)51-38)36(45)42-27-13-9-8-10-14-27/h8-10,13-14,17-22,35H,6-7,11-12,15-16H2,1-5H3,(H,42,45)/b33-21-/t35-/m1/s1. The number of amides is 1. The summed E-state index contributed by atoms with van der Waals surface area (Å²) in [5.74, 6) is 0.395. The van der Waals surface area contributed by atoms with Gasteiger partial charge in [0.05, 0.1) is 42.0 Å². The molecule has 1 aliphatic carbocycles. The number of rotatable bonds is 10. The molecule has 4 heterocycles. The lowest BCUT2D eigenvalue weighted by Gasteiger charge is -2.23. The summed E-state index contributed by atoms with van der Waals surface area (Å²) < 4.78 is 20.9. The average Bonchev–Trinajstić information content (AvgIpc) is 3.78. The van der Waals surface area contributed by atoms with E-state index >= 15 is 0 Å². The number of hydrogen-bond donors (Lipinski definition) is 1. The van der Waals surface area contributed by atoms with Gasteiger partial charge in [-0.1, -0.05) is 35.6 Å². The predicted octanol–water partition coefficient (Wildman–Crippen LogP) is 6.42. The number of fused-ring (bicyclic) bond motifs is 2. The van der Waals surface area contributed by atoms with Crippen molar-refractivity contribution in [2.45, 2.75) is 59.4 Å². The third-order valence-corrected chi connectivity index (χ3v) is 11.7. The van der Waals surface area contributed by atoms with E-state index in [1.807, 2.05) is 76.2 Å². The Morgan fingerprint density at radius 1 is 0.981 bits per heavy atom. The molecule has 0 saturated heterocycles. The van der Waals surface area contributed by atoms with Gasteiger partial charge in [-0.3, -0.25) is 14.2 Å². The van der Waals surface area contributed by atoms with Gasteiger partial charge in [0.2, 0.25) is 0 Å². The molecule has 2 aliphatic rings. The molecule has 0 radical (unpaired) electrons. The highest BCUT2D eigenvalue weighted by Gasteiger charge is 2.32. The quantitative estimate of drug-likeness (QED) is 0.166. The molecule has 12 heteroatoms. The van der Waals surface area contributed by atoms with Gasteiger partial charge in [-0.05, 0) is 106 Å². The summed E-state index contributed by atoms with van der Waals surface area (Å²) in [7, 11) is 1.31. The summed E-state index contributed by atoms with van der Waals surface area (Å²) >= 11 is 2.94. The molecular formula is C40H40N4O6S2. The second-order valence-electron chi connectivity index (χ2n) is 12.6. The van der Waals surface area contributed by atoms with Crippen LogP contribution >= 0.6 is 22.7 Å². The number of benzene rings is 2. The molecule has 10 nitrogen and oxygen atoms in total. The van der Waals surface area contributed by atoms with Crippen LogP contribution in [0.4, 0.5) is 5.69 Å². The van der Waals surface area contributed by atoms with Gasteiger partial charge in [0.25, 0.3) is 11.5 Å². The van der Waals surface area contributed by atoms with Crippen LogP contribution in [0.1, 0.15) is 76.0 Å². The number of anilines is 1. The van der Waals surface area contributed by atoms with Crippen LogP contribution in [0, 0.1) is 13.8 Å². The summed E-state index contributed by atoms with van der Waals surface area (Å²) in [4.78, 5) is 47.6. The van der Waals surface area contributed by atoms with E-state index < -0.39 is 12.0 Å². The van der Waals surface area contributed by atoms with Crippen molar-refractivity contribution < 1.29 is 23.8 Å². The Bertz CT molecular complexity index is 2400. The maximum absolute atomic E-state index is 14.4. The molecule has 1 atom stereocenters. The van der Waals surface area contributed by atoms with E-state index in [1.54, 1.807) is 28.0 Å². The Kier molecular flexibility index (Phi) is 10.0. The van der Waals surface area contributed by atoms with E-state index in [4.69, 9.17) is 14.2 Å². The summed E-state index contributed by atoms with van der Waals surface area (Å²) in [6.07, 6.45) is 7.33. The van der Waals surface area contributed by atoms with Crippen LogP contribution in [0.15, 0.2) is 76.2 Å². The number of methoxy groups -OCH3 is 1. The Labute approximate surface area is 309 Å². The first-order chi connectivity index (χ1) is 25.2. The zero-order valence-corrected chi connectivity index (χ0v) is 31.4. The highest BCUT2D eigenvalue weighted by Crippen LogP contribution is 2.40. The highest BCUT2D eigenvalue weighted by atomic mass is 32.1. The van der Waals surface area contributed by atoms with E-state index in [-0.39, 0.29) is 17.0 Å². The molecule has 0 saturated carbocycles. The maximum Gasteiger partial charge on any atom is 0.337 e. The molecule has 0 spiro atoms. The third-order valence-electron chi connectivity index (χ3n) is 9.38. The van der Waals surface area contributed by atoms with E-state index in [1.165, 1.54) is 29.5 Å².